The standard InChI is InChI=1S/C21H36/c1-14(2)17-7-9-18(10-8-17)19-11-12-21-16(4)15(3)5-6-20(21)13-19/h15-21H,1,5-13H2,2-4H3. The van der Waals surface area contributed by atoms with Crippen LogP contribution in [-0.2, 0) is 0 Å². The number of allylic oxidation sites excluding steroid dienone is 1. The molecule has 0 radical (unpaired) electrons. The molecule has 0 saturated heterocycles. The van der Waals surface area contributed by atoms with Crippen molar-refractivity contribution in [3.8, 4) is 0 Å². The Balaban J connectivity index is 1.54. The maximum atomic E-state index is 4.19. The van der Waals surface area contributed by atoms with Crippen molar-refractivity contribution < 1.29 is 0 Å². The molecule has 0 bridgehead atoms. The maximum Gasteiger partial charge on any atom is -0.0208 e. The van der Waals surface area contributed by atoms with Gasteiger partial charge in [-0.2, -0.15) is 0 Å². The molecule has 0 heterocycles. The van der Waals surface area contributed by atoms with Crippen molar-refractivity contribution in [1.82, 2.24) is 0 Å². The lowest BCUT2D eigenvalue weighted by atomic mass is 9.58. The SMILES string of the molecule is C=C(C)C1CCC(C2CCC3C(CCC(C)C3C)C2)CC1. The van der Waals surface area contributed by atoms with Gasteiger partial charge in [0.1, 0.15) is 0 Å². The first-order chi connectivity index (χ1) is 10.1. The lowest BCUT2D eigenvalue weighted by Crippen LogP contribution is -2.38. The molecule has 0 aromatic rings. The number of fused-ring (bicyclic) bond motifs is 1. The Kier molecular flexibility index (Phi) is 4.81. The zero-order valence-corrected chi connectivity index (χ0v) is 14.6. The van der Waals surface area contributed by atoms with E-state index >= 15 is 0 Å². The zero-order chi connectivity index (χ0) is 15.0. The molecule has 3 fully saturated rings. The van der Waals surface area contributed by atoms with Crippen LogP contribution in [0.1, 0.15) is 78.6 Å². The fourth-order valence-electron chi connectivity index (χ4n) is 6.02. The summed E-state index contributed by atoms with van der Waals surface area (Å²) in [6, 6.07) is 0. The maximum absolute atomic E-state index is 4.19. The lowest BCUT2D eigenvalue weighted by Gasteiger charge is -2.48. The largest absolute Gasteiger partial charge is 0.0999 e. The molecule has 0 aromatic carbocycles. The van der Waals surface area contributed by atoms with E-state index in [-0.39, 0.29) is 0 Å². The predicted molar refractivity (Wildman–Crippen MR) is 92.1 cm³/mol. The van der Waals surface area contributed by atoms with Gasteiger partial charge < -0.3 is 0 Å². The van der Waals surface area contributed by atoms with Gasteiger partial charge in [-0.15, -0.1) is 0 Å². The number of rotatable bonds is 2. The molecular weight excluding hydrogens is 252 g/mol. The second kappa shape index (κ2) is 6.47. The van der Waals surface area contributed by atoms with Gasteiger partial charge in [0.05, 0.1) is 0 Å². The highest BCUT2D eigenvalue weighted by molar-refractivity contribution is 4.99. The van der Waals surface area contributed by atoms with Gasteiger partial charge in [-0.3, -0.25) is 0 Å². The Morgan fingerprint density at radius 2 is 1.38 bits per heavy atom. The van der Waals surface area contributed by atoms with E-state index in [1.807, 2.05) is 0 Å². The van der Waals surface area contributed by atoms with Crippen molar-refractivity contribution in [2.24, 2.45) is 41.4 Å². The molecule has 3 saturated carbocycles. The average Bonchev–Trinajstić information content (AvgIpc) is 2.51. The van der Waals surface area contributed by atoms with E-state index in [2.05, 4.69) is 27.4 Å². The Bertz CT molecular complexity index is 360. The van der Waals surface area contributed by atoms with Crippen LogP contribution in [0, 0.1) is 41.4 Å². The molecule has 21 heavy (non-hydrogen) atoms. The van der Waals surface area contributed by atoms with Crippen molar-refractivity contribution in [2.45, 2.75) is 78.6 Å². The first-order valence-electron chi connectivity index (χ1n) is 9.71. The Morgan fingerprint density at radius 3 is 2.05 bits per heavy atom. The van der Waals surface area contributed by atoms with Crippen molar-refractivity contribution in [1.29, 1.82) is 0 Å². The minimum absolute atomic E-state index is 0.841. The number of hydrogen-bond acceptors (Lipinski definition) is 0. The molecule has 0 aliphatic heterocycles. The molecular formula is C21H36. The third kappa shape index (κ3) is 3.25. The minimum Gasteiger partial charge on any atom is -0.0999 e. The molecule has 120 valence electrons. The normalized spacial score (nSPS) is 47.7. The van der Waals surface area contributed by atoms with Crippen LogP contribution in [0.4, 0.5) is 0 Å². The van der Waals surface area contributed by atoms with E-state index < -0.39 is 0 Å². The molecule has 5 atom stereocenters. The van der Waals surface area contributed by atoms with Gasteiger partial charge in [0, 0.05) is 0 Å². The second-order valence-electron chi connectivity index (χ2n) is 8.87. The van der Waals surface area contributed by atoms with Gasteiger partial charge in [-0.25, -0.2) is 0 Å². The van der Waals surface area contributed by atoms with Crippen LogP contribution < -0.4 is 0 Å². The molecule has 0 spiro atoms. The summed E-state index contributed by atoms with van der Waals surface area (Å²) >= 11 is 0. The number of hydrogen-bond donors (Lipinski definition) is 0. The van der Waals surface area contributed by atoms with Crippen molar-refractivity contribution in [2.75, 3.05) is 0 Å². The third-order valence-electron chi connectivity index (χ3n) is 7.78. The topological polar surface area (TPSA) is 0 Å². The summed E-state index contributed by atoms with van der Waals surface area (Å²) in [5, 5.41) is 0. The van der Waals surface area contributed by atoms with Crippen LogP contribution in [0.3, 0.4) is 0 Å². The summed E-state index contributed by atoms with van der Waals surface area (Å²) in [5.74, 6) is 7.07. The molecule has 3 aliphatic rings. The first-order valence-corrected chi connectivity index (χ1v) is 9.71. The second-order valence-corrected chi connectivity index (χ2v) is 8.87. The van der Waals surface area contributed by atoms with Crippen LogP contribution in [0.2, 0.25) is 0 Å². The van der Waals surface area contributed by atoms with E-state index in [0.717, 1.165) is 41.4 Å². The molecule has 3 rings (SSSR count). The van der Waals surface area contributed by atoms with Gasteiger partial charge in [0.25, 0.3) is 0 Å². The van der Waals surface area contributed by atoms with Gasteiger partial charge in [-0.05, 0) is 99.7 Å². The summed E-state index contributed by atoms with van der Waals surface area (Å²) in [6.45, 7) is 11.5. The van der Waals surface area contributed by atoms with E-state index in [4.69, 9.17) is 0 Å². The minimum atomic E-state index is 0.841. The van der Waals surface area contributed by atoms with Crippen LogP contribution in [0.15, 0.2) is 12.2 Å². The molecule has 0 heteroatoms. The zero-order valence-electron chi connectivity index (χ0n) is 14.6. The van der Waals surface area contributed by atoms with Crippen molar-refractivity contribution >= 4 is 0 Å². The molecule has 3 aliphatic carbocycles. The molecule has 0 aromatic heterocycles. The van der Waals surface area contributed by atoms with E-state index in [9.17, 15) is 0 Å². The first kappa shape index (κ1) is 15.6. The van der Waals surface area contributed by atoms with Gasteiger partial charge in [0.15, 0.2) is 0 Å². The van der Waals surface area contributed by atoms with E-state index in [0.29, 0.717) is 0 Å². The highest BCUT2D eigenvalue weighted by atomic mass is 14.5. The quantitative estimate of drug-likeness (QED) is 0.511. The van der Waals surface area contributed by atoms with Crippen LogP contribution in [-0.4, -0.2) is 0 Å². The van der Waals surface area contributed by atoms with E-state index in [1.165, 1.54) is 44.1 Å². The highest BCUT2D eigenvalue weighted by Crippen LogP contribution is 2.51. The molecule has 0 amide bonds. The van der Waals surface area contributed by atoms with Crippen LogP contribution in [0.25, 0.3) is 0 Å². The smallest absolute Gasteiger partial charge is 0.0208 e. The van der Waals surface area contributed by atoms with Crippen LogP contribution in [0.5, 0.6) is 0 Å². The van der Waals surface area contributed by atoms with Gasteiger partial charge in [-0.1, -0.05) is 32.4 Å². The Hall–Kier alpha value is -0.260. The predicted octanol–water partition coefficient (Wildman–Crippen LogP) is 6.47. The average molecular weight is 289 g/mol. The van der Waals surface area contributed by atoms with Gasteiger partial charge >= 0.3 is 0 Å². The third-order valence-corrected chi connectivity index (χ3v) is 7.78. The Labute approximate surface area is 132 Å². The van der Waals surface area contributed by atoms with Gasteiger partial charge in [0.2, 0.25) is 0 Å². The monoisotopic (exact) mass is 288 g/mol. The van der Waals surface area contributed by atoms with Crippen LogP contribution >= 0.6 is 0 Å². The highest BCUT2D eigenvalue weighted by Gasteiger charge is 2.41. The fraction of sp³-hybridized carbons (Fsp3) is 0.905. The van der Waals surface area contributed by atoms with Crippen molar-refractivity contribution in [3.63, 3.8) is 0 Å². The van der Waals surface area contributed by atoms with Crippen molar-refractivity contribution in [3.05, 3.63) is 12.2 Å². The summed E-state index contributed by atoms with van der Waals surface area (Å²) in [6.07, 6.45) is 13.5. The molecule has 0 nitrogen and oxygen atoms in total. The Morgan fingerprint density at radius 1 is 0.762 bits per heavy atom. The summed E-state index contributed by atoms with van der Waals surface area (Å²) in [7, 11) is 0. The summed E-state index contributed by atoms with van der Waals surface area (Å²) in [4.78, 5) is 0. The molecule has 0 N–H and O–H groups in total. The summed E-state index contributed by atoms with van der Waals surface area (Å²) < 4.78 is 0. The van der Waals surface area contributed by atoms with E-state index in [1.54, 1.807) is 19.3 Å². The lowest BCUT2D eigenvalue weighted by molar-refractivity contribution is 0.0269. The summed E-state index contributed by atoms with van der Waals surface area (Å²) in [5.41, 5.74) is 1.44. The fourth-order valence-corrected chi connectivity index (χ4v) is 6.02. The molecule has 5 unspecified atom stereocenters.